The molecule has 2 aromatic rings. The lowest BCUT2D eigenvalue weighted by Gasteiger charge is -2.07. The van der Waals surface area contributed by atoms with Gasteiger partial charge in [-0.2, -0.15) is 0 Å². The molecule has 0 aliphatic rings. The number of amides is 1. The van der Waals surface area contributed by atoms with E-state index in [-0.39, 0.29) is 22.7 Å². The van der Waals surface area contributed by atoms with Crippen LogP contribution in [-0.2, 0) is 30.8 Å². The highest BCUT2D eigenvalue weighted by atomic mass is 32.2. The Bertz CT molecular complexity index is 1040. The van der Waals surface area contributed by atoms with Crippen LogP contribution in [0.5, 0.6) is 0 Å². The molecule has 0 spiro atoms. The highest BCUT2D eigenvalue weighted by Crippen LogP contribution is 2.19. The monoisotopic (exact) mass is 423 g/mol. The Balaban J connectivity index is 1.91. The summed E-state index contributed by atoms with van der Waals surface area (Å²) in [5, 5.41) is 7.56. The Labute approximate surface area is 167 Å². The molecular weight excluding hydrogens is 402 g/mol. The number of nitrogens with two attached hydrogens (primary N) is 1. The van der Waals surface area contributed by atoms with Gasteiger partial charge in [-0.1, -0.05) is 12.1 Å². The standard InChI is InChI=1S/C18H21N3O7S/c1-10-15(17(23)27-3)11(2)21-16(10)18(24)28-9-14(22)20-8-12-4-6-13(7-5-12)29(19,25)26/h4-7,21H,8-9H2,1-3H3,(H,20,22)(H2,19,25,26). The number of carbonyl (C=O) groups is 3. The summed E-state index contributed by atoms with van der Waals surface area (Å²) < 4.78 is 32.1. The van der Waals surface area contributed by atoms with Gasteiger partial charge >= 0.3 is 11.9 Å². The van der Waals surface area contributed by atoms with Gasteiger partial charge in [-0.15, -0.1) is 0 Å². The van der Waals surface area contributed by atoms with Gasteiger partial charge in [0, 0.05) is 12.2 Å². The largest absolute Gasteiger partial charge is 0.465 e. The van der Waals surface area contributed by atoms with E-state index in [4.69, 9.17) is 9.88 Å². The number of rotatable bonds is 7. The van der Waals surface area contributed by atoms with E-state index >= 15 is 0 Å². The number of aromatic amines is 1. The fraction of sp³-hybridized carbons (Fsp3) is 0.278. The van der Waals surface area contributed by atoms with E-state index in [9.17, 15) is 22.8 Å². The molecule has 0 atom stereocenters. The van der Waals surface area contributed by atoms with Crippen LogP contribution in [0.25, 0.3) is 0 Å². The molecule has 10 nitrogen and oxygen atoms in total. The Kier molecular flexibility index (Phi) is 6.77. The Hall–Kier alpha value is -3.18. The van der Waals surface area contributed by atoms with E-state index in [1.807, 2.05) is 0 Å². The number of aryl methyl sites for hydroxylation is 1. The lowest BCUT2D eigenvalue weighted by Crippen LogP contribution is -2.28. The van der Waals surface area contributed by atoms with E-state index < -0.39 is 34.5 Å². The quantitative estimate of drug-likeness (QED) is 0.548. The van der Waals surface area contributed by atoms with Crippen LogP contribution in [0.4, 0.5) is 0 Å². The molecule has 156 valence electrons. The topological polar surface area (TPSA) is 158 Å². The SMILES string of the molecule is COC(=O)c1c(C)[nH]c(C(=O)OCC(=O)NCc2ccc(S(N)(=O)=O)cc2)c1C. The van der Waals surface area contributed by atoms with Crippen LogP contribution >= 0.6 is 0 Å². The normalized spacial score (nSPS) is 11.0. The summed E-state index contributed by atoms with van der Waals surface area (Å²) in [4.78, 5) is 38.6. The molecule has 0 saturated carbocycles. The number of aromatic nitrogens is 1. The smallest absolute Gasteiger partial charge is 0.355 e. The van der Waals surface area contributed by atoms with Gasteiger partial charge in [0.25, 0.3) is 5.91 Å². The van der Waals surface area contributed by atoms with E-state index in [2.05, 4.69) is 15.0 Å². The maximum Gasteiger partial charge on any atom is 0.355 e. The van der Waals surface area contributed by atoms with Gasteiger partial charge in [-0.3, -0.25) is 4.79 Å². The minimum absolute atomic E-state index is 0.0376. The van der Waals surface area contributed by atoms with Gasteiger partial charge < -0.3 is 19.8 Å². The summed E-state index contributed by atoms with van der Waals surface area (Å²) in [6.07, 6.45) is 0. The van der Waals surface area contributed by atoms with Crippen LogP contribution in [0, 0.1) is 13.8 Å². The molecule has 1 heterocycles. The number of nitrogens with one attached hydrogen (secondary N) is 2. The third kappa shape index (κ3) is 5.42. The van der Waals surface area contributed by atoms with Crippen molar-refractivity contribution in [3.05, 3.63) is 52.3 Å². The first kappa shape index (κ1) is 22.1. The highest BCUT2D eigenvalue weighted by molar-refractivity contribution is 7.89. The molecule has 0 fully saturated rings. The van der Waals surface area contributed by atoms with Crippen LogP contribution < -0.4 is 10.5 Å². The third-order valence-corrected chi connectivity index (χ3v) is 5.04. The van der Waals surface area contributed by atoms with Crippen molar-refractivity contribution in [1.82, 2.24) is 10.3 Å². The third-order valence-electron chi connectivity index (χ3n) is 4.11. The second-order valence-corrected chi connectivity index (χ2v) is 7.72. The molecule has 0 unspecified atom stereocenters. The van der Waals surface area contributed by atoms with Crippen LogP contribution in [-0.4, -0.2) is 45.0 Å². The minimum Gasteiger partial charge on any atom is -0.465 e. The van der Waals surface area contributed by atoms with Crippen molar-refractivity contribution in [2.24, 2.45) is 5.14 Å². The fourth-order valence-electron chi connectivity index (χ4n) is 2.61. The zero-order chi connectivity index (χ0) is 21.8. The van der Waals surface area contributed by atoms with Crippen LogP contribution in [0.3, 0.4) is 0 Å². The fourth-order valence-corrected chi connectivity index (χ4v) is 3.13. The number of primary sulfonamides is 1. The molecule has 0 radical (unpaired) electrons. The predicted octanol–water partition coefficient (Wildman–Crippen LogP) is 0.539. The van der Waals surface area contributed by atoms with Gasteiger partial charge in [-0.25, -0.2) is 23.1 Å². The maximum atomic E-state index is 12.2. The number of sulfonamides is 1. The summed E-state index contributed by atoms with van der Waals surface area (Å²) in [5.74, 6) is -1.92. The zero-order valence-electron chi connectivity index (χ0n) is 16.1. The Morgan fingerprint density at radius 1 is 1.10 bits per heavy atom. The first-order valence-electron chi connectivity index (χ1n) is 8.37. The Morgan fingerprint density at radius 3 is 2.28 bits per heavy atom. The first-order chi connectivity index (χ1) is 13.5. The molecule has 1 aromatic heterocycles. The summed E-state index contributed by atoms with van der Waals surface area (Å²) in [7, 11) is -2.55. The van der Waals surface area contributed by atoms with Crippen molar-refractivity contribution in [1.29, 1.82) is 0 Å². The van der Waals surface area contributed by atoms with Crippen LogP contribution in [0.1, 0.15) is 37.7 Å². The number of benzene rings is 1. The van der Waals surface area contributed by atoms with Crippen molar-refractivity contribution < 1.29 is 32.3 Å². The molecule has 1 aromatic carbocycles. The van der Waals surface area contributed by atoms with E-state index in [0.717, 1.165) is 0 Å². The van der Waals surface area contributed by atoms with Crippen molar-refractivity contribution >= 4 is 27.9 Å². The van der Waals surface area contributed by atoms with E-state index in [0.29, 0.717) is 16.8 Å². The number of hydrogen-bond donors (Lipinski definition) is 3. The average Bonchev–Trinajstić information content (AvgIpc) is 2.97. The molecule has 11 heteroatoms. The van der Waals surface area contributed by atoms with Crippen molar-refractivity contribution in [3.8, 4) is 0 Å². The lowest BCUT2D eigenvalue weighted by molar-refractivity contribution is -0.124. The van der Waals surface area contributed by atoms with Gasteiger partial charge in [0.2, 0.25) is 10.0 Å². The molecule has 29 heavy (non-hydrogen) atoms. The molecule has 0 aliphatic heterocycles. The average molecular weight is 423 g/mol. The number of carbonyl (C=O) groups excluding carboxylic acids is 3. The summed E-state index contributed by atoms with van der Waals surface area (Å²) in [6, 6.07) is 5.66. The summed E-state index contributed by atoms with van der Waals surface area (Å²) in [6.45, 7) is 2.76. The lowest BCUT2D eigenvalue weighted by atomic mass is 10.1. The van der Waals surface area contributed by atoms with Crippen LogP contribution in [0.2, 0.25) is 0 Å². The number of H-pyrrole nitrogens is 1. The molecule has 2 rings (SSSR count). The second kappa shape index (κ2) is 8.88. The molecule has 0 saturated heterocycles. The minimum atomic E-state index is -3.78. The van der Waals surface area contributed by atoms with E-state index in [1.54, 1.807) is 13.8 Å². The van der Waals surface area contributed by atoms with Gasteiger partial charge in [0.15, 0.2) is 6.61 Å². The van der Waals surface area contributed by atoms with Crippen molar-refractivity contribution in [2.75, 3.05) is 13.7 Å². The summed E-state index contributed by atoms with van der Waals surface area (Å²) in [5.41, 5.74) is 1.76. The van der Waals surface area contributed by atoms with Gasteiger partial charge in [-0.05, 0) is 37.1 Å². The first-order valence-corrected chi connectivity index (χ1v) is 9.92. The van der Waals surface area contributed by atoms with Gasteiger partial charge in [0.05, 0.1) is 17.6 Å². The summed E-state index contributed by atoms with van der Waals surface area (Å²) >= 11 is 0. The molecule has 0 aliphatic carbocycles. The van der Waals surface area contributed by atoms with E-state index in [1.165, 1.54) is 31.4 Å². The Morgan fingerprint density at radius 2 is 1.72 bits per heavy atom. The van der Waals surface area contributed by atoms with Gasteiger partial charge in [0.1, 0.15) is 5.69 Å². The number of ether oxygens (including phenoxy) is 2. The molecular formula is C18H21N3O7S. The van der Waals surface area contributed by atoms with Crippen molar-refractivity contribution in [3.63, 3.8) is 0 Å². The number of hydrogen-bond acceptors (Lipinski definition) is 7. The predicted molar refractivity (Wildman–Crippen MR) is 102 cm³/mol. The number of methoxy groups -OCH3 is 1. The number of esters is 2. The molecule has 4 N–H and O–H groups in total. The van der Waals surface area contributed by atoms with Crippen molar-refractivity contribution in [2.45, 2.75) is 25.3 Å². The zero-order valence-corrected chi connectivity index (χ0v) is 16.9. The second-order valence-electron chi connectivity index (χ2n) is 6.16. The molecule has 0 bridgehead atoms. The molecule has 1 amide bonds. The van der Waals surface area contributed by atoms with Crippen LogP contribution in [0.15, 0.2) is 29.2 Å². The maximum absolute atomic E-state index is 12.2. The highest BCUT2D eigenvalue weighted by Gasteiger charge is 2.23.